The zero-order chi connectivity index (χ0) is 22.4. The molecule has 0 radical (unpaired) electrons. The number of aliphatic hydroxyl groups is 1. The van der Waals surface area contributed by atoms with Gasteiger partial charge in [0.1, 0.15) is 15.9 Å². The number of pyridine rings is 1. The fourth-order valence-electron chi connectivity index (χ4n) is 4.68. The Labute approximate surface area is 196 Å². The van der Waals surface area contributed by atoms with Gasteiger partial charge in [0.05, 0.1) is 29.6 Å². The van der Waals surface area contributed by atoms with Gasteiger partial charge in [-0.2, -0.15) is 0 Å². The summed E-state index contributed by atoms with van der Waals surface area (Å²) >= 11 is 10.7. The average Bonchev–Trinajstić information content (AvgIpc) is 3.05. The molecule has 2 bridgehead atoms. The van der Waals surface area contributed by atoms with E-state index < -0.39 is 24.1 Å². The first-order valence-corrected chi connectivity index (χ1v) is 12.2. The standard InChI is InChI=1S/C19H22BrClFN5O3S/c1-3-10(28)14-9-6-5-8(27(9)19(29)30)7-26(14)17-11-13(23-18(25-17)31-4-2)12(22)16(21)24-15(11)20/h8-10,14,28H,3-7H2,1-2H3,(H,29,30)/t8-,9+,10?,14+/m1/s1. The number of carboxylic acid groups (broad SMARTS) is 1. The predicted octanol–water partition coefficient (Wildman–Crippen LogP) is 4.16. The van der Waals surface area contributed by atoms with Gasteiger partial charge in [0.2, 0.25) is 0 Å². The SMILES string of the molecule is CCSc1nc(N2C[C@H]3CC[C@@H]([C@H]2C(O)CC)N3C(=O)O)c2c(Br)nc(Cl)c(F)c2n1. The topological polar surface area (TPSA) is 103 Å². The number of nitrogens with zero attached hydrogens (tertiary/aromatic N) is 5. The molecule has 12 heteroatoms. The molecule has 4 atom stereocenters. The Hall–Kier alpha value is -1.43. The van der Waals surface area contributed by atoms with Gasteiger partial charge in [-0.3, -0.25) is 4.90 Å². The summed E-state index contributed by atoms with van der Waals surface area (Å²) < 4.78 is 15.2. The maximum Gasteiger partial charge on any atom is 0.407 e. The number of rotatable bonds is 5. The van der Waals surface area contributed by atoms with Gasteiger partial charge < -0.3 is 15.1 Å². The number of hydrogen-bond acceptors (Lipinski definition) is 7. The van der Waals surface area contributed by atoms with E-state index in [1.165, 1.54) is 16.7 Å². The minimum atomic E-state index is -0.990. The van der Waals surface area contributed by atoms with Crippen molar-refractivity contribution in [1.82, 2.24) is 19.9 Å². The van der Waals surface area contributed by atoms with Gasteiger partial charge in [-0.15, -0.1) is 0 Å². The van der Waals surface area contributed by atoms with Crippen molar-refractivity contribution < 1.29 is 19.4 Å². The van der Waals surface area contributed by atoms with Crippen LogP contribution in [0.15, 0.2) is 9.76 Å². The summed E-state index contributed by atoms with van der Waals surface area (Å²) in [6, 6.07) is -1.15. The van der Waals surface area contributed by atoms with Crippen molar-refractivity contribution in [1.29, 1.82) is 0 Å². The average molecular weight is 535 g/mol. The van der Waals surface area contributed by atoms with Crippen LogP contribution in [-0.2, 0) is 0 Å². The summed E-state index contributed by atoms with van der Waals surface area (Å²) in [7, 11) is 0. The third-order valence-electron chi connectivity index (χ3n) is 5.95. The van der Waals surface area contributed by atoms with E-state index in [0.717, 1.165) is 0 Å². The van der Waals surface area contributed by atoms with E-state index in [0.29, 0.717) is 52.5 Å². The van der Waals surface area contributed by atoms with Crippen molar-refractivity contribution in [3.05, 3.63) is 15.6 Å². The first kappa shape index (κ1) is 22.8. The molecule has 1 unspecified atom stereocenters. The monoisotopic (exact) mass is 533 g/mol. The Morgan fingerprint density at radius 2 is 2.10 bits per heavy atom. The number of carbonyl (C=O) groups is 1. The lowest BCUT2D eigenvalue weighted by Crippen LogP contribution is -2.64. The van der Waals surface area contributed by atoms with Crippen molar-refractivity contribution in [2.45, 2.75) is 62.5 Å². The Bertz CT molecular complexity index is 1030. The van der Waals surface area contributed by atoms with Crippen LogP contribution >= 0.6 is 39.3 Å². The van der Waals surface area contributed by atoms with Crippen LogP contribution in [0.2, 0.25) is 5.15 Å². The number of piperazine rings is 1. The van der Waals surface area contributed by atoms with Crippen molar-refractivity contribution in [2.75, 3.05) is 17.2 Å². The van der Waals surface area contributed by atoms with Crippen molar-refractivity contribution >= 4 is 62.1 Å². The molecule has 8 nitrogen and oxygen atoms in total. The second-order valence-electron chi connectivity index (χ2n) is 7.60. The molecule has 2 aromatic heterocycles. The van der Waals surface area contributed by atoms with Gasteiger partial charge in [-0.1, -0.05) is 37.2 Å². The highest BCUT2D eigenvalue weighted by molar-refractivity contribution is 9.10. The first-order chi connectivity index (χ1) is 14.8. The molecule has 0 spiro atoms. The lowest BCUT2D eigenvalue weighted by Gasteiger charge is -2.48. The van der Waals surface area contributed by atoms with E-state index in [-0.39, 0.29) is 22.8 Å². The molecule has 31 heavy (non-hydrogen) atoms. The second-order valence-corrected chi connectivity index (χ2v) is 9.94. The van der Waals surface area contributed by atoms with Gasteiger partial charge in [0.25, 0.3) is 0 Å². The lowest BCUT2D eigenvalue weighted by molar-refractivity contribution is 0.0528. The number of fused-ring (bicyclic) bond motifs is 3. The number of aliphatic hydroxyl groups excluding tert-OH is 1. The smallest absolute Gasteiger partial charge is 0.407 e. The van der Waals surface area contributed by atoms with E-state index >= 15 is 0 Å². The third-order valence-corrected chi connectivity index (χ3v) is 7.50. The van der Waals surface area contributed by atoms with Crippen LogP contribution in [0.1, 0.15) is 33.1 Å². The molecule has 0 saturated carbocycles. The Balaban J connectivity index is 1.94. The number of aromatic nitrogens is 3. The van der Waals surface area contributed by atoms with Gasteiger partial charge >= 0.3 is 6.09 Å². The molecule has 2 saturated heterocycles. The number of anilines is 1. The molecular weight excluding hydrogens is 513 g/mol. The largest absolute Gasteiger partial charge is 0.465 e. The Kier molecular flexibility index (Phi) is 6.49. The van der Waals surface area contributed by atoms with Crippen LogP contribution in [0, 0.1) is 5.82 Å². The highest BCUT2D eigenvalue weighted by atomic mass is 79.9. The molecule has 2 N–H and O–H groups in total. The molecule has 0 aliphatic carbocycles. The predicted molar refractivity (Wildman–Crippen MR) is 121 cm³/mol. The van der Waals surface area contributed by atoms with E-state index in [1.54, 1.807) is 0 Å². The zero-order valence-corrected chi connectivity index (χ0v) is 20.1. The summed E-state index contributed by atoms with van der Waals surface area (Å²) in [5.41, 5.74) is 0.0468. The maximum absolute atomic E-state index is 14.9. The molecular formula is C19H22BrClFN5O3S. The summed E-state index contributed by atoms with van der Waals surface area (Å²) in [5.74, 6) is 0.377. The van der Waals surface area contributed by atoms with E-state index in [2.05, 4.69) is 25.9 Å². The highest BCUT2D eigenvalue weighted by Gasteiger charge is 2.51. The van der Waals surface area contributed by atoms with Crippen molar-refractivity contribution in [3.63, 3.8) is 0 Å². The number of halogens is 3. The molecule has 2 aliphatic rings. The molecule has 2 aromatic rings. The van der Waals surface area contributed by atoms with Crippen LogP contribution in [0.3, 0.4) is 0 Å². The van der Waals surface area contributed by atoms with Gasteiger partial charge in [0, 0.05) is 6.54 Å². The van der Waals surface area contributed by atoms with Crippen molar-refractivity contribution in [2.24, 2.45) is 0 Å². The van der Waals surface area contributed by atoms with Crippen LogP contribution < -0.4 is 4.90 Å². The molecule has 168 valence electrons. The first-order valence-electron chi connectivity index (χ1n) is 10.1. The maximum atomic E-state index is 14.9. The van der Waals surface area contributed by atoms with E-state index in [1.807, 2.05) is 18.7 Å². The fraction of sp³-hybridized carbons (Fsp3) is 0.579. The molecule has 2 fully saturated rings. The minimum absolute atomic E-state index is 0.0468. The Morgan fingerprint density at radius 1 is 1.35 bits per heavy atom. The molecule has 0 aromatic carbocycles. The van der Waals surface area contributed by atoms with Crippen LogP contribution in [0.4, 0.5) is 15.0 Å². The molecule has 1 amide bonds. The van der Waals surface area contributed by atoms with E-state index in [9.17, 15) is 19.4 Å². The van der Waals surface area contributed by atoms with Gasteiger partial charge in [-0.05, 0) is 40.9 Å². The highest BCUT2D eigenvalue weighted by Crippen LogP contribution is 2.42. The summed E-state index contributed by atoms with van der Waals surface area (Å²) in [5, 5.41) is 21.1. The van der Waals surface area contributed by atoms with Gasteiger partial charge in [0.15, 0.2) is 16.1 Å². The second kappa shape index (κ2) is 8.84. The Morgan fingerprint density at radius 3 is 2.74 bits per heavy atom. The van der Waals surface area contributed by atoms with E-state index in [4.69, 9.17) is 16.6 Å². The zero-order valence-electron chi connectivity index (χ0n) is 16.9. The van der Waals surface area contributed by atoms with Crippen molar-refractivity contribution in [3.8, 4) is 0 Å². The lowest BCUT2D eigenvalue weighted by atomic mass is 9.95. The summed E-state index contributed by atoms with van der Waals surface area (Å²) in [6.45, 7) is 4.13. The van der Waals surface area contributed by atoms with Gasteiger partial charge in [-0.25, -0.2) is 24.1 Å². The normalized spacial score (nSPS) is 24.1. The van der Waals surface area contributed by atoms with Crippen LogP contribution in [0.25, 0.3) is 10.9 Å². The number of hydrogen-bond donors (Lipinski definition) is 2. The number of thioether (sulfide) groups is 1. The number of amides is 1. The molecule has 4 heterocycles. The molecule has 4 rings (SSSR count). The quantitative estimate of drug-likeness (QED) is 0.335. The minimum Gasteiger partial charge on any atom is -0.465 e. The summed E-state index contributed by atoms with van der Waals surface area (Å²) in [6.07, 6.45) is 0.00106. The van der Waals surface area contributed by atoms with Crippen LogP contribution in [0.5, 0.6) is 0 Å². The third kappa shape index (κ3) is 3.83. The molecule has 2 aliphatic heterocycles. The summed E-state index contributed by atoms with van der Waals surface area (Å²) in [4.78, 5) is 28.4. The van der Waals surface area contributed by atoms with Crippen LogP contribution in [-0.4, -0.2) is 72.7 Å². The fourth-order valence-corrected chi connectivity index (χ4v) is 6.07.